The monoisotopic (exact) mass is 481 g/mol. The number of carbonyl (C=O) groups excluding carboxylic acids is 1. The predicted octanol–water partition coefficient (Wildman–Crippen LogP) is 4.11. The van der Waals surface area contributed by atoms with Crippen LogP contribution in [0.15, 0.2) is 57.2 Å². The van der Waals surface area contributed by atoms with Crippen molar-refractivity contribution in [3.05, 3.63) is 74.1 Å². The molecule has 3 rings (SSSR count). The summed E-state index contributed by atoms with van der Waals surface area (Å²) in [5.74, 6) is 0.172. The fourth-order valence-corrected chi connectivity index (χ4v) is 3.18. The number of halogens is 2. The Morgan fingerprint density at radius 3 is 2.90 bits per heavy atom. The molecule has 0 saturated heterocycles. The van der Waals surface area contributed by atoms with Gasteiger partial charge in [-0.3, -0.25) is 14.9 Å². The van der Waals surface area contributed by atoms with E-state index >= 15 is 0 Å². The first-order valence-corrected chi connectivity index (χ1v) is 10.2. The summed E-state index contributed by atoms with van der Waals surface area (Å²) in [6, 6.07) is 10.6. The zero-order valence-electron chi connectivity index (χ0n) is 15.5. The van der Waals surface area contributed by atoms with E-state index in [0.717, 1.165) is 11.8 Å². The van der Waals surface area contributed by atoms with Crippen LogP contribution in [-0.2, 0) is 11.4 Å². The van der Waals surface area contributed by atoms with Crippen LogP contribution in [0.25, 0.3) is 0 Å². The molecule has 2 aromatic carbocycles. The Bertz CT molecular complexity index is 1120. The number of nitro benzene ring substituents is 1. The molecule has 0 aliphatic carbocycles. The number of benzene rings is 2. The average Bonchev–Trinajstić information content (AvgIpc) is 3.20. The number of amides is 1. The second-order valence-electron chi connectivity index (χ2n) is 5.76. The van der Waals surface area contributed by atoms with Gasteiger partial charge in [-0.05, 0) is 18.2 Å². The number of hydrogen-bond acceptors (Lipinski definition) is 9. The number of nitrogens with one attached hydrogen (secondary N) is 1. The summed E-state index contributed by atoms with van der Waals surface area (Å²) in [6.07, 6.45) is 1.31. The van der Waals surface area contributed by atoms with E-state index in [4.69, 9.17) is 32.4 Å². The Balaban J connectivity index is 1.44. The highest BCUT2D eigenvalue weighted by atomic mass is 35.5. The molecular formula is C18H13Cl2N5O5S. The Kier molecular flexibility index (Phi) is 7.82. The molecule has 160 valence electrons. The molecule has 0 unspecified atom stereocenters. The molecule has 0 atom stereocenters. The van der Waals surface area contributed by atoms with Gasteiger partial charge in [-0.2, -0.15) is 5.10 Å². The largest absolute Gasteiger partial charge is 0.482 e. The van der Waals surface area contributed by atoms with Crippen LogP contribution >= 0.6 is 35.0 Å². The highest BCUT2D eigenvalue weighted by Crippen LogP contribution is 2.28. The van der Waals surface area contributed by atoms with Crippen molar-refractivity contribution < 1.29 is 18.9 Å². The molecule has 1 N–H and O–H groups in total. The summed E-state index contributed by atoms with van der Waals surface area (Å²) in [5, 5.41) is 23.2. The van der Waals surface area contributed by atoms with Gasteiger partial charge in [0.1, 0.15) is 5.75 Å². The fourth-order valence-electron chi connectivity index (χ4n) is 2.14. The normalized spacial score (nSPS) is 10.9. The SMILES string of the molecule is O=C(CSc1nnc(COc2ccc(Cl)cc2Cl)o1)N/N=C\c1cccc([N+](=O)[O-])c1. The van der Waals surface area contributed by atoms with E-state index in [1.165, 1.54) is 24.4 Å². The van der Waals surface area contributed by atoms with E-state index in [9.17, 15) is 14.9 Å². The standard InChI is InChI=1S/C18H13Cl2N5O5S/c19-12-4-5-15(14(20)7-12)29-9-17-23-24-18(30-17)31-10-16(26)22-21-8-11-2-1-3-13(6-11)25(27)28/h1-8H,9-10H2,(H,22,26)/b21-8-. The van der Waals surface area contributed by atoms with Crippen LogP contribution in [0, 0.1) is 10.1 Å². The molecule has 0 saturated carbocycles. The Labute approximate surface area is 189 Å². The lowest BCUT2D eigenvalue weighted by Gasteiger charge is -2.05. The average molecular weight is 482 g/mol. The number of nitrogens with zero attached hydrogens (tertiary/aromatic N) is 4. The second kappa shape index (κ2) is 10.8. The highest BCUT2D eigenvalue weighted by Gasteiger charge is 2.11. The highest BCUT2D eigenvalue weighted by molar-refractivity contribution is 7.99. The van der Waals surface area contributed by atoms with Crippen molar-refractivity contribution in [2.45, 2.75) is 11.8 Å². The van der Waals surface area contributed by atoms with Gasteiger partial charge >= 0.3 is 0 Å². The molecule has 0 aliphatic rings. The molecule has 0 bridgehead atoms. The van der Waals surface area contributed by atoms with E-state index in [2.05, 4.69) is 20.7 Å². The van der Waals surface area contributed by atoms with Crippen LogP contribution in [0.3, 0.4) is 0 Å². The van der Waals surface area contributed by atoms with Gasteiger partial charge in [0.15, 0.2) is 6.61 Å². The minimum Gasteiger partial charge on any atom is -0.482 e. The third kappa shape index (κ3) is 6.95. The Hall–Kier alpha value is -3.15. The van der Waals surface area contributed by atoms with Crippen molar-refractivity contribution in [2.24, 2.45) is 5.10 Å². The van der Waals surface area contributed by atoms with E-state index in [-0.39, 0.29) is 29.2 Å². The van der Waals surface area contributed by atoms with Crippen LogP contribution in [-0.4, -0.2) is 33.0 Å². The molecule has 1 aromatic heterocycles. The number of hydrogen-bond donors (Lipinski definition) is 1. The number of non-ortho nitro benzene ring substituents is 1. The third-order valence-corrected chi connectivity index (χ3v) is 4.85. The molecule has 0 radical (unpaired) electrons. The van der Waals surface area contributed by atoms with Crippen molar-refractivity contribution >= 4 is 52.8 Å². The number of thioether (sulfide) groups is 1. The molecular weight excluding hydrogens is 469 g/mol. The van der Waals surface area contributed by atoms with Gasteiger partial charge in [0.25, 0.3) is 22.7 Å². The maximum atomic E-state index is 11.9. The first kappa shape index (κ1) is 22.5. The number of carbonyl (C=O) groups is 1. The topological polar surface area (TPSA) is 133 Å². The molecule has 31 heavy (non-hydrogen) atoms. The minimum absolute atomic E-state index is 0.00534. The molecule has 10 nitrogen and oxygen atoms in total. The fraction of sp³-hybridized carbons (Fsp3) is 0.111. The smallest absolute Gasteiger partial charge is 0.277 e. The molecule has 0 fully saturated rings. The van der Waals surface area contributed by atoms with Gasteiger partial charge in [0, 0.05) is 22.7 Å². The van der Waals surface area contributed by atoms with Gasteiger partial charge in [0.2, 0.25) is 0 Å². The Morgan fingerprint density at radius 2 is 2.13 bits per heavy atom. The van der Waals surface area contributed by atoms with Gasteiger partial charge < -0.3 is 9.15 Å². The van der Waals surface area contributed by atoms with Crippen LogP contribution in [0.4, 0.5) is 5.69 Å². The first-order valence-electron chi connectivity index (χ1n) is 8.50. The van der Waals surface area contributed by atoms with E-state index in [1.807, 2.05) is 0 Å². The predicted molar refractivity (Wildman–Crippen MR) is 115 cm³/mol. The Morgan fingerprint density at radius 1 is 1.29 bits per heavy atom. The summed E-state index contributed by atoms with van der Waals surface area (Å²) < 4.78 is 10.9. The maximum Gasteiger partial charge on any atom is 0.277 e. The summed E-state index contributed by atoms with van der Waals surface area (Å²) in [4.78, 5) is 22.1. The van der Waals surface area contributed by atoms with Crippen molar-refractivity contribution in [3.63, 3.8) is 0 Å². The van der Waals surface area contributed by atoms with Crippen LogP contribution in [0.5, 0.6) is 5.75 Å². The second-order valence-corrected chi connectivity index (χ2v) is 7.53. The van der Waals surface area contributed by atoms with Crippen LogP contribution in [0.1, 0.15) is 11.5 Å². The molecule has 0 aliphatic heterocycles. The maximum absolute atomic E-state index is 11.9. The van der Waals surface area contributed by atoms with Crippen molar-refractivity contribution in [1.82, 2.24) is 15.6 Å². The molecule has 13 heteroatoms. The zero-order chi connectivity index (χ0) is 22.2. The van der Waals surface area contributed by atoms with Gasteiger partial charge in [-0.25, -0.2) is 5.43 Å². The van der Waals surface area contributed by atoms with Crippen LogP contribution in [0.2, 0.25) is 10.0 Å². The van der Waals surface area contributed by atoms with Gasteiger partial charge in [0.05, 0.1) is 21.9 Å². The molecule has 3 aromatic rings. The summed E-state index contributed by atoms with van der Waals surface area (Å²) in [6.45, 7) is -0.00534. The number of nitro groups is 1. The first-order chi connectivity index (χ1) is 14.9. The summed E-state index contributed by atoms with van der Waals surface area (Å²) in [5.41, 5.74) is 2.72. The zero-order valence-corrected chi connectivity index (χ0v) is 17.9. The van der Waals surface area contributed by atoms with Crippen molar-refractivity contribution in [1.29, 1.82) is 0 Å². The van der Waals surface area contributed by atoms with E-state index < -0.39 is 10.8 Å². The molecule has 1 heterocycles. The van der Waals surface area contributed by atoms with Crippen molar-refractivity contribution in [3.8, 4) is 5.75 Å². The minimum atomic E-state index is -0.514. The molecule has 1 amide bonds. The van der Waals surface area contributed by atoms with E-state index in [1.54, 1.807) is 24.3 Å². The lowest BCUT2D eigenvalue weighted by Crippen LogP contribution is -2.19. The number of hydrazone groups is 1. The summed E-state index contributed by atoms with van der Waals surface area (Å²) >= 11 is 12.9. The third-order valence-electron chi connectivity index (χ3n) is 3.50. The number of aromatic nitrogens is 2. The number of ether oxygens (including phenoxy) is 1. The van der Waals surface area contributed by atoms with Gasteiger partial charge in [-0.15, -0.1) is 10.2 Å². The quantitative estimate of drug-likeness (QED) is 0.209. The lowest BCUT2D eigenvalue weighted by molar-refractivity contribution is -0.384. The lowest BCUT2D eigenvalue weighted by atomic mass is 10.2. The van der Waals surface area contributed by atoms with Crippen LogP contribution < -0.4 is 10.2 Å². The summed E-state index contributed by atoms with van der Waals surface area (Å²) in [7, 11) is 0. The number of rotatable bonds is 9. The van der Waals surface area contributed by atoms with Crippen molar-refractivity contribution in [2.75, 3.05) is 5.75 Å². The van der Waals surface area contributed by atoms with Gasteiger partial charge in [-0.1, -0.05) is 47.1 Å². The molecule has 0 spiro atoms. The van der Waals surface area contributed by atoms with E-state index in [0.29, 0.717) is 21.4 Å².